The summed E-state index contributed by atoms with van der Waals surface area (Å²) in [6.45, 7) is 3.95. The van der Waals surface area contributed by atoms with Crippen LogP contribution in [-0.2, 0) is 22.6 Å². The Bertz CT molecular complexity index is 1070. The molecule has 0 saturated carbocycles. The molecule has 7 heteroatoms. The molecule has 3 aromatic rings. The smallest absolute Gasteiger partial charge is 0.261 e. The fourth-order valence-electron chi connectivity index (χ4n) is 3.48. The maximum atomic E-state index is 13.5. The van der Waals surface area contributed by atoms with Crippen molar-refractivity contribution >= 4 is 43.7 Å². The number of nitrogens with zero attached hydrogens (tertiary/aromatic N) is 1. The van der Waals surface area contributed by atoms with Gasteiger partial charge in [0.05, 0.1) is 0 Å². The summed E-state index contributed by atoms with van der Waals surface area (Å²) < 4.78 is 7.65. The van der Waals surface area contributed by atoms with Gasteiger partial charge in [0.15, 0.2) is 6.61 Å². The lowest BCUT2D eigenvalue weighted by Gasteiger charge is -2.32. The van der Waals surface area contributed by atoms with E-state index in [2.05, 4.69) is 37.2 Å². The van der Waals surface area contributed by atoms with E-state index in [1.165, 1.54) is 0 Å². The fourth-order valence-corrected chi connectivity index (χ4v) is 4.01. The van der Waals surface area contributed by atoms with Gasteiger partial charge in [0.1, 0.15) is 11.8 Å². The zero-order valence-corrected chi connectivity index (χ0v) is 22.4. The molecule has 3 rings (SSSR count). The van der Waals surface area contributed by atoms with Crippen molar-refractivity contribution in [3.63, 3.8) is 0 Å². The largest absolute Gasteiger partial charge is 0.484 e. The Morgan fingerprint density at radius 2 is 1.44 bits per heavy atom. The minimum Gasteiger partial charge on any atom is -0.484 e. The molecular weight excluding hydrogens is 560 g/mol. The minimum atomic E-state index is -0.686. The minimum absolute atomic E-state index is 0.0468. The molecule has 5 nitrogen and oxygen atoms in total. The maximum Gasteiger partial charge on any atom is 0.261 e. The summed E-state index contributed by atoms with van der Waals surface area (Å²) in [6.07, 6.45) is 0.403. The number of hydrogen-bond acceptors (Lipinski definition) is 3. The van der Waals surface area contributed by atoms with Crippen molar-refractivity contribution in [1.29, 1.82) is 0 Å². The first kappa shape index (κ1) is 26.0. The number of hydrogen-bond donors (Lipinski definition) is 1. The molecule has 0 bridgehead atoms. The molecule has 0 aromatic heterocycles. The summed E-state index contributed by atoms with van der Waals surface area (Å²) in [5.74, 6) is 0.144. The number of halogens is 2. The van der Waals surface area contributed by atoms with E-state index in [0.717, 1.165) is 20.1 Å². The standard InChI is InChI=1S/C27H28Br2N2O3/c1-19(2)30-27(33)25(16-20-6-4-3-5-7-20)31(17-21-8-10-22(28)11-9-21)26(32)18-34-24-14-12-23(29)13-15-24/h3-15,19,25H,16-18H2,1-2H3,(H,30,33)/t25-/m1/s1. The molecule has 0 radical (unpaired) electrons. The Balaban J connectivity index is 1.89. The van der Waals surface area contributed by atoms with Crippen molar-refractivity contribution in [2.75, 3.05) is 6.61 Å². The summed E-state index contributed by atoms with van der Waals surface area (Å²) in [6, 6.07) is 24.1. The van der Waals surface area contributed by atoms with E-state index in [-0.39, 0.29) is 24.5 Å². The fraction of sp³-hybridized carbons (Fsp3) is 0.259. The number of ether oxygens (including phenoxy) is 1. The monoisotopic (exact) mass is 586 g/mol. The third kappa shape index (κ3) is 7.99. The lowest BCUT2D eigenvalue weighted by Crippen LogP contribution is -2.52. The SMILES string of the molecule is CC(C)NC(=O)[C@@H](Cc1ccccc1)N(Cc1ccc(Br)cc1)C(=O)COc1ccc(Br)cc1. The van der Waals surface area contributed by atoms with Crippen molar-refractivity contribution in [3.8, 4) is 5.75 Å². The van der Waals surface area contributed by atoms with Gasteiger partial charge in [0, 0.05) is 28.0 Å². The molecule has 3 aromatic carbocycles. The van der Waals surface area contributed by atoms with Gasteiger partial charge in [0.2, 0.25) is 5.91 Å². The molecule has 1 atom stereocenters. The van der Waals surface area contributed by atoms with Gasteiger partial charge in [-0.3, -0.25) is 9.59 Å². The molecule has 2 amide bonds. The van der Waals surface area contributed by atoms with E-state index in [4.69, 9.17) is 4.74 Å². The molecule has 0 unspecified atom stereocenters. The molecule has 0 aliphatic carbocycles. The van der Waals surface area contributed by atoms with Crippen LogP contribution in [0.15, 0.2) is 87.8 Å². The van der Waals surface area contributed by atoms with E-state index >= 15 is 0 Å². The zero-order valence-electron chi connectivity index (χ0n) is 19.2. The second-order valence-electron chi connectivity index (χ2n) is 8.26. The first-order chi connectivity index (χ1) is 16.3. The van der Waals surface area contributed by atoms with Crippen LogP contribution in [0.3, 0.4) is 0 Å². The lowest BCUT2D eigenvalue weighted by atomic mass is 10.0. The van der Waals surface area contributed by atoms with Crippen molar-refractivity contribution < 1.29 is 14.3 Å². The highest BCUT2D eigenvalue weighted by atomic mass is 79.9. The van der Waals surface area contributed by atoms with Crippen LogP contribution in [0.4, 0.5) is 0 Å². The third-order valence-corrected chi connectivity index (χ3v) is 6.20. The van der Waals surface area contributed by atoms with Crippen molar-refractivity contribution in [2.45, 2.75) is 38.9 Å². The van der Waals surface area contributed by atoms with Crippen LogP contribution in [0.1, 0.15) is 25.0 Å². The number of rotatable bonds is 10. The van der Waals surface area contributed by atoms with Crippen LogP contribution in [0.5, 0.6) is 5.75 Å². The van der Waals surface area contributed by atoms with Gasteiger partial charge in [-0.05, 0) is 61.4 Å². The molecule has 34 heavy (non-hydrogen) atoms. The summed E-state index contributed by atoms with van der Waals surface area (Å²) in [7, 11) is 0. The first-order valence-electron chi connectivity index (χ1n) is 11.1. The quantitative estimate of drug-likeness (QED) is 0.328. The second kappa shape index (κ2) is 12.7. The summed E-state index contributed by atoms with van der Waals surface area (Å²) in [5, 5.41) is 2.99. The molecule has 0 aliphatic heterocycles. The summed E-state index contributed by atoms with van der Waals surface area (Å²) in [5.41, 5.74) is 1.91. The zero-order chi connectivity index (χ0) is 24.5. The number of carbonyl (C=O) groups excluding carboxylic acids is 2. The number of carbonyl (C=O) groups is 2. The van der Waals surface area contributed by atoms with Crippen LogP contribution in [-0.4, -0.2) is 35.4 Å². The van der Waals surface area contributed by atoms with Crippen molar-refractivity contribution in [1.82, 2.24) is 10.2 Å². The highest BCUT2D eigenvalue weighted by molar-refractivity contribution is 9.10. The number of amides is 2. The Morgan fingerprint density at radius 3 is 2.03 bits per heavy atom. The highest BCUT2D eigenvalue weighted by Crippen LogP contribution is 2.19. The van der Waals surface area contributed by atoms with E-state index in [1.54, 1.807) is 17.0 Å². The van der Waals surface area contributed by atoms with Crippen molar-refractivity contribution in [3.05, 3.63) is 98.9 Å². The van der Waals surface area contributed by atoms with Crippen LogP contribution in [0.25, 0.3) is 0 Å². The summed E-state index contributed by atoms with van der Waals surface area (Å²) >= 11 is 6.85. The first-order valence-corrected chi connectivity index (χ1v) is 12.7. The Morgan fingerprint density at radius 1 is 0.853 bits per heavy atom. The van der Waals surface area contributed by atoms with Gasteiger partial charge in [-0.15, -0.1) is 0 Å². The topological polar surface area (TPSA) is 58.6 Å². The van der Waals surface area contributed by atoms with Crippen LogP contribution < -0.4 is 10.1 Å². The van der Waals surface area contributed by atoms with Gasteiger partial charge < -0.3 is 15.0 Å². The second-order valence-corrected chi connectivity index (χ2v) is 10.1. The van der Waals surface area contributed by atoms with Gasteiger partial charge >= 0.3 is 0 Å². The maximum absolute atomic E-state index is 13.5. The predicted molar refractivity (Wildman–Crippen MR) is 142 cm³/mol. The third-order valence-electron chi connectivity index (χ3n) is 5.14. The highest BCUT2D eigenvalue weighted by Gasteiger charge is 2.31. The molecule has 0 fully saturated rings. The lowest BCUT2D eigenvalue weighted by molar-refractivity contribution is -0.143. The molecule has 178 valence electrons. The van der Waals surface area contributed by atoms with Gasteiger partial charge in [-0.2, -0.15) is 0 Å². The van der Waals surface area contributed by atoms with E-state index in [1.807, 2.05) is 80.6 Å². The Hall–Kier alpha value is -2.64. The molecule has 0 aliphatic rings. The Labute approximate surface area is 217 Å². The van der Waals surface area contributed by atoms with Gasteiger partial charge in [-0.25, -0.2) is 0 Å². The summed E-state index contributed by atoms with van der Waals surface area (Å²) in [4.78, 5) is 28.4. The van der Waals surface area contributed by atoms with Crippen LogP contribution >= 0.6 is 31.9 Å². The normalized spacial score (nSPS) is 11.7. The number of benzene rings is 3. The Kier molecular flexibility index (Phi) is 9.72. The predicted octanol–water partition coefficient (Wildman–Crippen LogP) is 5.76. The van der Waals surface area contributed by atoms with E-state index in [9.17, 15) is 9.59 Å². The molecular formula is C27H28Br2N2O3. The van der Waals surface area contributed by atoms with Crippen LogP contribution in [0.2, 0.25) is 0 Å². The van der Waals surface area contributed by atoms with Gasteiger partial charge in [-0.1, -0.05) is 74.3 Å². The average molecular weight is 588 g/mol. The molecule has 0 saturated heterocycles. The molecule has 1 N–H and O–H groups in total. The van der Waals surface area contributed by atoms with Crippen molar-refractivity contribution in [2.24, 2.45) is 0 Å². The van der Waals surface area contributed by atoms with Crippen LogP contribution in [0, 0.1) is 0 Å². The van der Waals surface area contributed by atoms with E-state index in [0.29, 0.717) is 18.7 Å². The van der Waals surface area contributed by atoms with Gasteiger partial charge in [0.25, 0.3) is 5.91 Å². The molecule has 0 spiro atoms. The number of nitrogens with one attached hydrogen (secondary N) is 1. The molecule has 0 heterocycles. The average Bonchev–Trinajstić information content (AvgIpc) is 2.82. The van der Waals surface area contributed by atoms with E-state index < -0.39 is 6.04 Å².